The van der Waals surface area contributed by atoms with E-state index in [2.05, 4.69) is 15.5 Å². The molecule has 0 radical (unpaired) electrons. The quantitative estimate of drug-likeness (QED) is 0.775. The van der Waals surface area contributed by atoms with Crippen LogP contribution < -0.4 is 10.1 Å². The monoisotopic (exact) mass is 315 g/mol. The van der Waals surface area contributed by atoms with Crippen LogP contribution >= 0.6 is 0 Å². The van der Waals surface area contributed by atoms with Crippen LogP contribution in [0.3, 0.4) is 0 Å². The van der Waals surface area contributed by atoms with Gasteiger partial charge in [-0.1, -0.05) is 31.1 Å². The summed E-state index contributed by atoms with van der Waals surface area (Å²) in [6, 6.07) is 7.46. The highest BCUT2D eigenvalue weighted by atomic mass is 16.5. The fourth-order valence-corrected chi connectivity index (χ4v) is 2.03. The minimum absolute atomic E-state index is 0.0455. The highest BCUT2D eigenvalue weighted by Gasteiger charge is 2.17. The second-order valence-corrected chi connectivity index (χ2v) is 5.27. The van der Waals surface area contributed by atoms with Crippen LogP contribution in [0.2, 0.25) is 0 Å². The number of ether oxygens (including phenoxy) is 1. The number of carbonyl (C=O) groups is 1. The number of aromatic nitrogens is 2. The molecule has 0 aliphatic heterocycles. The standard InChI is InChI=1S/C16H17N3O4/c1-4-21-11-7-5-6-10-8-12(22-13(10)11)15-18-19-16(23-15)17-14(20)9(2)3/h5-9H,4H2,1-3H3,(H,17,19,20). The van der Waals surface area contributed by atoms with Crippen molar-refractivity contribution in [1.29, 1.82) is 0 Å². The summed E-state index contributed by atoms with van der Waals surface area (Å²) in [6.45, 7) is 6.01. The lowest BCUT2D eigenvalue weighted by molar-refractivity contribution is -0.119. The summed E-state index contributed by atoms with van der Waals surface area (Å²) in [5.74, 6) is 0.908. The van der Waals surface area contributed by atoms with Gasteiger partial charge in [0.2, 0.25) is 5.91 Å². The van der Waals surface area contributed by atoms with E-state index in [0.29, 0.717) is 23.7 Å². The zero-order valence-electron chi connectivity index (χ0n) is 13.1. The van der Waals surface area contributed by atoms with Crippen LogP contribution in [0.1, 0.15) is 20.8 Å². The number of hydrogen-bond donors (Lipinski definition) is 1. The second kappa shape index (κ2) is 6.12. The van der Waals surface area contributed by atoms with Gasteiger partial charge >= 0.3 is 6.01 Å². The topological polar surface area (TPSA) is 90.4 Å². The molecule has 0 saturated heterocycles. The van der Waals surface area contributed by atoms with Gasteiger partial charge < -0.3 is 13.6 Å². The Morgan fingerprint density at radius 1 is 1.30 bits per heavy atom. The molecule has 2 heterocycles. The molecule has 7 nitrogen and oxygen atoms in total. The van der Waals surface area contributed by atoms with Crippen LogP contribution in [-0.2, 0) is 4.79 Å². The molecule has 0 fully saturated rings. The van der Waals surface area contributed by atoms with Crippen molar-refractivity contribution in [3.63, 3.8) is 0 Å². The largest absolute Gasteiger partial charge is 0.490 e. The van der Waals surface area contributed by atoms with Gasteiger partial charge in [-0.2, -0.15) is 0 Å². The van der Waals surface area contributed by atoms with E-state index < -0.39 is 0 Å². The van der Waals surface area contributed by atoms with E-state index in [4.69, 9.17) is 13.6 Å². The number of rotatable bonds is 5. The first-order chi connectivity index (χ1) is 11.1. The molecule has 0 saturated carbocycles. The lowest BCUT2D eigenvalue weighted by Gasteiger charge is -2.02. The number of benzene rings is 1. The number of nitrogens with zero attached hydrogens (tertiary/aromatic N) is 2. The van der Waals surface area contributed by atoms with E-state index in [1.54, 1.807) is 19.9 Å². The Bertz CT molecular complexity index is 835. The van der Waals surface area contributed by atoms with E-state index in [9.17, 15) is 4.79 Å². The molecule has 1 N–H and O–H groups in total. The van der Waals surface area contributed by atoms with Gasteiger partial charge in [0.15, 0.2) is 17.1 Å². The molecule has 120 valence electrons. The average Bonchev–Trinajstić information content (AvgIpc) is 3.14. The first kappa shape index (κ1) is 15.1. The third kappa shape index (κ3) is 3.03. The van der Waals surface area contributed by atoms with Crippen molar-refractivity contribution in [1.82, 2.24) is 10.2 Å². The number of amides is 1. The number of nitrogens with one attached hydrogen (secondary N) is 1. The van der Waals surface area contributed by atoms with Crippen LogP contribution in [0.5, 0.6) is 5.75 Å². The van der Waals surface area contributed by atoms with Gasteiger partial charge in [-0.15, -0.1) is 5.10 Å². The summed E-state index contributed by atoms with van der Waals surface area (Å²) in [5.41, 5.74) is 0.621. The number of para-hydroxylation sites is 1. The van der Waals surface area contributed by atoms with Crippen LogP contribution in [0.25, 0.3) is 22.6 Å². The summed E-state index contributed by atoms with van der Waals surface area (Å²) in [4.78, 5) is 11.6. The summed E-state index contributed by atoms with van der Waals surface area (Å²) in [7, 11) is 0. The minimum Gasteiger partial charge on any atom is -0.490 e. The summed E-state index contributed by atoms with van der Waals surface area (Å²) in [6.07, 6.45) is 0. The Morgan fingerprint density at radius 2 is 2.13 bits per heavy atom. The van der Waals surface area contributed by atoms with Crippen molar-refractivity contribution in [2.75, 3.05) is 11.9 Å². The summed E-state index contributed by atoms with van der Waals surface area (Å²) in [5, 5.41) is 11.1. The van der Waals surface area contributed by atoms with Crippen LogP contribution in [-0.4, -0.2) is 22.7 Å². The lowest BCUT2D eigenvalue weighted by Crippen LogP contribution is -2.17. The Morgan fingerprint density at radius 3 is 2.87 bits per heavy atom. The molecule has 0 unspecified atom stereocenters. The molecule has 1 aromatic carbocycles. The highest BCUT2D eigenvalue weighted by molar-refractivity contribution is 5.90. The first-order valence-electron chi connectivity index (χ1n) is 7.38. The Kier molecular flexibility index (Phi) is 4.01. The lowest BCUT2D eigenvalue weighted by atomic mass is 10.2. The van der Waals surface area contributed by atoms with Crippen molar-refractivity contribution < 1.29 is 18.4 Å². The van der Waals surface area contributed by atoms with Crippen molar-refractivity contribution >= 4 is 22.9 Å². The Balaban J connectivity index is 1.90. The average molecular weight is 315 g/mol. The van der Waals surface area contributed by atoms with Crippen LogP contribution in [0, 0.1) is 5.92 Å². The predicted octanol–water partition coefficient (Wildman–Crippen LogP) is 3.48. The van der Waals surface area contributed by atoms with E-state index in [1.807, 2.05) is 25.1 Å². The maximum Gasteiger partial charge on any atom is 0.322 e. The third-order valence-corrected chi connectivity index (χ3v) is 3.20. The molecule has 0 bridgehead atoms. The molecule has 0 spiro atoms. The van der Waals surface area contributed by atoms with Crippen LogP contribution in [0.15, 0.2) is 33.1 Å². The molecule has 7 heteroatoms. The fraction of sp³-hybridized carbons (Fsp3) is 0.312. The molecule has 0 aliphatic carbocycles. The highest BCUT2D eigenvalue weighted by Crippen LogP contribution is 2.33. The number of anilines is 1. The minimum atomic E-state index is -0.191. The number of hydrogen-bond acceptors (Lipinski definition) is 6. The van der Waals surface area contributed by atoms with E-state index in [0.717, 1.165) is 5.39 Å². The normalized spacial score (nSPS) is 11.1. The van der Waals surface area contributed by atoms with Gasteiger partial charge in [-0.25, -0.2) is 0 Å². The second-order valence-electron chi connectivity index (χ2n) is 5.27. The zero-order chi connectivity index (χ0) is 16.4. The van der Waals surface area contributed by atoms with Gasteiger partial charge in [0.05, 0.1) is 6.61 Å². The number of furan rings is 1. The number of carbonyl (C=O) groups excluding carboxylic acids is 1. The SMILES string of the molecule is CCOc1cccc2cc(-c3nnc(NC(=O)C(C)C)o3)oc12. The molecule has 3 rings (SSSR count). The fourth-order valence-electron chi connectivity index (χ4n) is 2.03. The predicted molar refractivity (Wildman–Crippen MR) is 84.1 cm³/mol. The smallest absolute Gasteiger partial charge is 0.322 e. The van der Waals surface area contributed by atoms with Crippen LogP contribution in [0.4, 0.5) is 6.01 Å². The van der Waals surface area contributed by atoms with Gasteiger partial charge in [0.1, 0.15) is 0 Å². The van der Waals surface area contributed by atoms with Crippen molar-refractivity contribution in [2.45, 2.75) is 20.8 Å². The molecule has 0 aliphatic rings. The molecule has 2 aromatic heterocycles. The third-order valence-electron chi connectivity index (χ3n) is 3.20. The molecule has 23 heavy (non-hydrogen) atoms. The zero-order valence-corrected chi connectivity index (χ0v) is 13.1. The molecule has 0 atom stereocenters. The number of fused-ring (bicyclic) bond motifs is 1. The Hall–Kier alpha value is -2.83. The van der Waals surface area contributed by atoms with Crippen molar-refractivity contribution in [3.05, 3.63) is 24.3 Å². The summed E-state index contributed by atoms with van der Waals surface area (Å²) >= 11 is 0. The van der Waals surface area contributed by atoms with E-state index >= 15 is 0 Å². The maximum atomic E-state index is 11.6. The van der Waals surface area contributed by atoms with Gasteiger partial charge in [0, 0.05) is 11.3 Å². The van der Waals surface area contributed by atoms with Gasteiger partial charge in [0.25, 0.3) is 5.89 Å². The molecular weight excluding hydrogens is 298 g/mol. The first-order valence-corrected chi connectivity index (χ1v) is 7.38. The van der Waals surface area contributed by atoms with Gasteiger partial charge in [-0.05, 0) is 19.1 Å². The molecular formula is C16H17N3O4. The van der Waals surface area contributed by atoms with E-state index in [-0.39, 0.29) is 23.7 Å². The van der Waals surface area contributed by atoms with Gasteiger partial charge in [-0.3, -0.25) is 10.1 Å². The molecule has 3 aromatic rings. The Labute approximate surface area is 132 Å². The molecule has 1 amide bonds. The van der Waals surface area contributed by atoms with E-state index in [1.165, 1.54) is 0 Å². The summed E-state index contributed by atoms with van der Waals surface area (Å²) < 4.78 is 16.7. The van der Waals surface area contributed by atoms with Crippen molar-refractivity contribution in [3.8, 4) is 17.4 Å². The van der Waals surface area contributed by atoms with Crippen molar-refractivity contribution in [2.24, 2.45) is 5.92 Å². The maximum absolute atomic E-state index is 11.6.